The number of nitrogens with one attached hydrogen (secondary N) is 2. The molecule has 0 aliphatic carbocycles. The van der Waals surface area contributed by atoms with Crippen LogP contribution in [0, 0.1) is 5.92 Å². The number of hydrogen-bond acceptors (Lipinski definition) is 4. The number of rotatable bonds is 5. The van der Waals surface area contributed by atoms with Crippen LogP contribution in [0.25, 0.3) is 10.9 Å². The fraction of sp³-hybridized carbons (Fsp3) is 0.250. The first-order chi connectivity index (χ1) is 13.3. The molecular weight excluding hydrogens is 382 g/mol. The number of amides is 1. The van der Waals surface area contributed by atoms with Crippen molar-refractivity contribution in [2.75, 3.05) is 12.4 Å². The van der Waals surface area contributed by atoms with Gasteiger partial charge in [0.2, 0.25) is 5.91 Å². The van der Waals surface area contributed by atoms with Gasteiger partial charge in [-0.1, -0.05) is 37.6 Å². The van der Waals surface area contributed by atoms with Crippen molar-refractivity contribution in [3.05, 3.63) is 68.3 Å². The number of methoxy groups -OCH3 is 1. The molecule has 1 heterocycles. The van der Waals surface area contributed by atoms with E-state index >= 15 is 0 Å². The van der Waals surface area contributed by atoms with Crippen LogP contribution < -0.4 is 21.3 Å². The van der Waals surface area contributed by atoms with Gasteiger partial charge in [0.15, 0.2) is 0 Å². The van der Waals surface area contributed by atoms with E-state index in [2.05, 4.69) is 10.3 Å². The minimum atomic E-state index is -0.998. The topological polar surface area (TPSA) is 93.2 Å². The lowest BCUT2D eigenvalue weighted by molar-refractivity contribution is -0.120. The van der Waals surface area contributed by atoms with E-state index in [4.69, 9.17) is 16.3 Å². The highest BCUT2D eigenvalue weighted by molar-refractivity contribution is 6.32. The molecule has 7 nitrogen and oxygen atoms in total. The predicted molar refractivity (Wildman–Crippen MR) is 109 cm³/mol. The van der Waals surface area contributed by atoms with Crippen molar-refractivity contribution in [2.45, 2.75) is 19.9 Å². The number of carbonyl (C=O) groups excluding carboxylic acids is 1. The Hall–Kier alpha value is -3.06. The molecule has 1 atom stereocenters. The predicted octanol–water partition coefficient (Wildman–Crippen LogP) is 3.19. The number of halogens is 1. The van der Waals surface area contributed by atoms with E-state index in [9.17, 15) is 14.4 Å². The summed E-state index contributed by atoms with van der Waals surface area (Å²) < 4.78 is 6.06. The third-order valence-electron chi connectivity index (χ3n) is 4.43. The highest BCUT2D eigenvalue weighted by atomic mass is 35.5. The molecule has 2 aromatic carbocycles. The summed E-state index contributed by atoms with van der Waals surface area (Å²) in [7, 11) is 1.49. The van der Waals surface area contributed by atoms with Crippen LogP contribution in [0.2, 0.25) is 5.02 Å². The number of fused-ring (bicyclic) bond motifs is 1. The molecule has 8 heteroatoms. The van der Waals surface area contributed by atoms with Gasteiger partial charge in [0.25, 0.3) is 5.56 Å². The minimum absolute atomic E-state index is 0.311. The lowest BCUT2D eigenvalue weighted by Gasteiger charge is -2.22. The summed E-state index contributed by atoms with van der Waals surface area (Å²) in [5.41, 5.74) is -0.281. The van der Waals surface area contributed by atoms with E-state index in [1.54, 1.807) is 56.3 Å². The molecule has 2 N–H and O–H groups in total. The number of benzene rings is 2. The normalized spacial score (nSPS) is 12.2. The molecule has 1 amide bonds. The first-order valence-corrected chi connectivity index (χ1v) is 9.09. The lowest BCUT2D eigenvalue weighted by atomic mass is 10.0. The van der Waals surface area contributed by atoms with Crippen LogP contribution in [0.15, 0.2) is 52.1 Å². The van der Waals surface area contributed by atoms with Gasteiger partial charge < -0.3 is 15.0 Å². The van der Waals surface area contributed by atoms with Crippen LogP contribution in [0.1, 0.15) is 19.9 Å². The van der Waals surface area contributed by atoms with Crippen LogP contribution in [0.5, 0.6) is 5.75 Å². The molecule has 0 fully saturated rings. The lowest BCUT2D eigenvalue weighted by Crippen LogP contribution is -2.44. The Bertz CT molecular complexity index is 1150. The Labute approximate surface area is 165 Å². The number of anilines is 1. The van der Waals surface area contributed by atoms with Crippen molar-refractivity contribution in [1.82, 2.24) is 9.55 Å². The van der Waals surface area contributed by atoms with Gasteiger partial charge in [0.1, 0.15) is 11.8 Å². The molecule has 1 aromatic heterocycles. The second kappa shape index (κ2) is 7.90. The first kappa shape index (κ1) is 19.7. The average Bonchev–Trinajstić information content (AvgIpc) is 2.64. The van der Waals surface area contributed by atoms with Crippen molar-refractivity contribution in [2.24, 2.45) is 5.92 Å². The highest BCUT2D eigenvalue weighted by Crippen LogP contribution is 2.28. The van der Waals surface area contributed by atoms with Crippen LogP contribution in [0.3, 0.4) is 0 Å². The number of para-hydroxylation sites is 1. The Balaban J connectivity index is 2.04. The van der Waals surface area contributed by atoms with E-state index in [1.807, 2.05) is 0 Å². The maximum atomic E-state index is 13.0. The second-order valence-electron chi connectivity index (χ2n) is 6.68. The smallest absolute Gasteiger partial charge is 0.329 e. The minimum Gasteiger partial charge on any atom is -0.495 e. The number of carbonyl (C=O) groups is 1. The summed E-state index contributed by atoms with van der Waals surface area (Å²) >= 11 is 6.10. The summed E-state index contributed by atoms with van der Waals surface area (Å²) in [5, 5.41) is 3.40. The third kappa shape index (κ3) is 3.66. The maximum Gasteiger partial charge on any atom is 0.329 e. The number of aromatic amines is 1. The zero-order valence-electron chi connectivity index (χ0n) is 15.7. The molecule has 28 heavy (non-hydrogen) atoms. The number of nitrogens with zero attached hydrogens (tertiary/aromatic N) is 1. The van der Waals surface area contributed by atoms with Crippen molar-refractivity contribution < 1.29 is 9.53 Å². The molecule has 3 rings (SSSR count). The van der Waals surface area contributed by atoms with Crippen molar-refractivity contribution in [1.29, 1.82) is 0 Å². The van der Waals surface area contributed by atoms with Crippen molar-refractivity contribution >= 4 is 34.1 Å². The average molecular weight is 402 g/mol. The molecule has 0 radical (unpaired) electrons. The molecule has 0 spiro atoms. The third-order valence-corrected chi connectivity index (χ3v) is 4.73. The van der Waals surface area contributed by atoms with Gasteiger partial charge >= 0.3 is 5.69 Å². The van der Waals surface area contributed by atoms with E-state index in [0.29, 0.717) is 27.4 Å². The fourth-order valence-corrected chi connectivity index (χ4v) is 3.36. The summed E-state index contributed by atoms with van der Waals surface area (Å²) in [4.78, 5) is 41.1. The van der Waals surface area contributed by atoms with E-state index < -0.39 is 23.2 Å². The van der Waals surface area contributed by atoms with Gasteiger partial charge in [-0.2, -0.15) is 0 Å². The Morgan fingerprint density at radius 2 is 1.89 bits per heavy atom. The summed E-state index contributed by atoms with van der Waals surface area (Å²) in [6.45, 7) is 3.54. The van der Waals surface area contributed by atoms with Gasteiger partial charge in [0.05, 0.1) is 23.0 Å². The summed E-state index contributed by atoms with van der Waals surface area (Å²) in [5.74, 6) is -0.324. The molecular formula is C20H20ClN3O4. The Kier molecular flexibility index (Phi) is 5.56. The van der Waals surface area contributed by atoms with E-state index in [-0.39, 0.29) is 5.92 Å². The monoisotopic (exact) mass is 401 g/mol. The van der Waals surface area contributed by atoms with Crippen molar-refractivity contribution in [3.8, 4) is 5.75 Å². The number of H-pyrrole nitrogens is 1. The van der Waals surface area contributed by atoms with Gasteiger partial charge in [-0.3, -0.25) is 9.59 Å². The molecule has 0 aliphatic heterocycles. The van der Waals surface area contributed by atoms with Crippen molar-refractivity contribution in [3.63, 3.8) is 0 Å². The van der Waals surface area contributed by atoms with Crippen LogP contribution >= 0.6 is 11.6 Å². The molecule has 1 unspecified atom stereocenters. The summed E-state index contributed by atoms with van der Waals surface area (Å²) in [6.07, 6.45) is 0. The molecule has 0 aliphatic rings. The molecule has 0 saturated heterocycles. The standard InChI is InChI=1S/C20H20ClN3O4/c1-11(2)17(18(25)22-12-8-9-16(28-3)14(21)10-12)24-19(26)13-6-4-5-7-15(13)23-20(24)27/h4-11,17H,1-3H3,(H,22,25)(H,23,27). The Morgan fingerprint density at radius 3 is 2.54 bits per heavy atom. The second-order valence-corrected chi connectivity index (χ2v) is 7.09. The molecule has 0 saturated carbocycles. The molecule has 3 aromatic rings. The fourth-order valence-electron chi connectivity index (χ4n) is 3.11. The van der Waals surface area contributed by atoms with Crippen LogP contribution in [-0.4, -0.2) is 22.6 Å². The van der Waals surface area contributed by atoms with E-state index in [1.165, 1.54) is 7.11 Å². The maximum absolute atomic E-state index is 13.0. The molecule has 0 bridgehead atoms. The number of aromatic nitrogens is 2. The quantitative estimate of drug-likeness (QED) is 0.686. The van der Waals surface area contributed by atoms with Crippen LogP contribution in [0.4, 0.5) is 5.69 Å². The number of hydrogen-bond donors (Lipinski definition) is 2. The summed E-state index contributed by atoms with van der Waals surface area (Å²) in [6, 6.07) is 10.5. The van der Waals surface area contributed by atoms with Crippen LogP contribution in [-0.2, 0) is 4.79 Å². The molecule has 146 valence electrons. The zero-order valence-corrected chi connectivity index (χ0v) is 16.4. The largest absolute Gasteiger partial charge is 0.495 e. The first-order valence-electron chi connectivity index (χ1n) is 8.71. The van der Waals surface area contributed by atoms with Gasteiger partial charge in [-0.15, -0.1) is 0 Å². The van der Waals surface area contributed by atoms with Gasteiger partial charge in [-0.05, 0) is 36.2 Å². The SMILES string of the molecule is COc1ccc(NC(=O)C(C(C)C)n2c(=O)[nH]c3ccccc3c2=O)cc1Cl. The Morgan fingerprint density at radius 1 is 1.18 bits per heavy atom. The highest BCUT2D eigenvalue weighted by Gasteiger charge is 2.28. The zero-order chi connectivity index (χ0) is 20.4. The van der Waals surface area contributed by atoms with Gasteiger partial charge in [-0.25, -0.2) is 9.36 Å². The van der Waals surface area contributed by atoms with E-state index in [0.717, 1.165) is 4.57 Å². The number of ether oxygens (including phenoxy) is 1. The van der Waals surface area contributed by atoms with Gasteiger partial charge in [0, 0.05) is 5.69 Å².